The van der Waals surface area contributed by atoms with Gasteiger partial charge in [-0.25, -0.2) is 0 Å². The minimum Gasteiger partial charge on any atom is -0.370 e. The van der Waals surface area contributed by atoms with Crippen molar-refractivity contribution < 1.29 is 0 Å². The summed E-state index contributed by atoms with van der Waals surface area (Å²) in [6, 6.07) is 0.491. The number of rotatable bonds is 5. The Balaban J connectivity index is 3.76. The van der Waals surface area contributed by atoms with E-state index in [1.807, 2.05) is 6.92 Å². The van der Waals surface area contributed by atoms with Gasteiger partial charge in [-0.2, -0.15) is 0 Å². The number of aliphatic imine (C=N–C) groups is 1. The largest absolute Gasteiger partial charge is 0.370 e. The molecule has 0 aliphatic rings. The van der Waals surface area contributed by atoms with Gasteiger partial charge >= 0.3 is 0 Å². The van der Waals surface area contributed by atoms with Crippen LogP contribution in [0.15, 0.2) is 4.99 Å². The van der Waals surface area contributed by atoms with Crippen LogP contribution in [-0.4, -0.2) is 18.5 Å². The molecule has 0 heterocycles. The van der Waals surface area contributed by atoms with Crippen LogP contribution in [0.1, 0.15) is 40.0 Å². The Bertz CT molecular complexity index is 132. The smallest absolute Gasteiger partial charge is 0.188 e. The first-order valence-corrected chi connectivity index (χ1v) is 4.81. The van der Waals surface area contributed by atoms with E-state index in [0.29, 0.717) is 12.0 Å². The lowest BCUT2D eigenvalue weighted by atomic mass is 10.1. The second kappa shape index (κ2) is 6.95. The summed E-state index contributed by atoms with van der Waals surface area (Å²) in [5, 5.41) is 3.20. The first kappa shape index (κ1) is 11.3. The first-order chi connectivity index (χ1) is 5.74. The number of nitrogens with two attached hydrogens (primary N) is 1. The Kier molecular flexibility index (Phi) is 6.53. The monoisotopic (exact) mass is 171 g/mol. The lowest BCUT2D eigenvalue weighted by Gasteiger charge is -2.16. The fourth-order valence-electron chi connectivity index (χ4n) is 1.15. The van der Waals surface area contributed by atoms with Gasteiger partial charge in [0, 0.05) is 12.6 Å². The summed E-state index contributed by atoms with van der Waals surface area (Å²) in [5.74, 6) is 0.581. The number of nitrogens with zero attached hydrogens (tertiary/aromatic N) is 1. The molecule has 0 saturated heterocycles. The van der Waals surface area contributed by atoms with Gasteiger partial charge in [-0.05, 0) is 19.8 Å². The highest BCUT2D eigenvalue weighted by Gasteiger charge is 2.03. The third-order valence-corrected chi connectivity index (χ3v) is 1.81. The van der Waals surface area contributed by atoms with Gasteiger partial charge in [-0.1, -0.05) is 20.3 Å². The maximum absolute atomic E-state index is 5.63. The quantitative estimate of drug-likeness (QED) is 0.486. The summed E-state index contributed by atoms with van der Waals surface area (Å²) in [6.07, 6.45) is 3.45. The highest BCUT2D eigenvalue weighted by molar-refractivity contribution is 5.78. The van der Waals surface area contributed by atoms with Crippen LogP contribution in [0.5, 0.6) is 0 Å². The minimum absolute atomic E-state index is 0.491. The fraction of sp³-hybridized carbons (Fsp3) is 0.889. The van der Waals surface area contributed by atoms with Crippen molar-refractivity contribution in [2.75, 3.05) is 6.54 Å². The van der Waals surface area contributed by atoms with E-state index < -0.39 is 0 Å². The van der Waals surface area contributed by atoms with Gasteiger partial charge in [0.05, 0.1) is 0 Å². The molecule has 3 N–H and O–H groups in total. The van der Waals surface area contributed by atoms with Crippen LogP contribution in [-0.2, 0) is 0 Å². The SMILES string of the molecule is CCCC(CC)NC(N)=NCC. The third-order valence-electron chi connectivity index (χ3n) is 1.81. The van der Waals surface area contributed by atoms with Crippen LogP contribution >= 0.6 is 0 Å². The van der Waals surface area contributed by atoms with E-state index in [4.69, 9.17) is 5.73 Å². The van der Waals surface area contributed by atoms with Gasteiger partial charge < -0.3 is 11.1 Å². The van der Waals surface area contributed by atoms with Crippen LogP contribution in [0, 0.1) is 0 Å². The number of nitrogens with one attached hydrogen (secondary N) is 1. The lowest BCUT2D eigenvalue weighted by Crippen LogP contribution is -2.39. The summed E-state index contributed by atoms with van der Waals surface area (Å²) in [7, 11) is 0. The Hall–Kier alpha value is -0.730. The summed E-state index contributed by atoms with van der Waals surface area (Å²) in [5.41, 5.74) is 5.63. The molecule has 1 atom stereocenters. The molecule has 0 aromatic carbocycles. The normalized spacial score (nSPS) is 14.4. The molecule has 0 spiro atoms. The van der Waals surface area contributed by atoms with Gasteiger partial charge in [0.1, 0.15) is 0 Å². The fourth-order valence-corrected chi connectivity index (χ4v) is 1.15. The lowest BCUT2D eigenvalue weighted by molar-refractivity contribution is 0.534. The molecule has 0 bridgehead atoms. The average molecular weight is 171 g/mol. The Morgan fingerprint density at radius 1 is 1.42 bits per heavy atom. The molecule has 0 fully saturated rings. The maximum atomic E-state index is 5.63. The predicted molar refractivity (Wildman–Crippen MR) is 54.3 cm³/mol. The topological polar surface area (TPSA) is 50.4 Å². The second-order valence-electron chi connectivity index (χ2n) is 2.90. The van der Waals surface area contributed by atoms with E-state index >= 15 is 0 Å². The number of hydrogen-bond acceptors (Lipinski definition) is 1. The van der Waals surface area contributed by atoms with Crippen molar-refractivity contribution in [3.8, 4) is 0 Å². The molecule has 0 aliphatic heterocycles. The van der Waals surface area contributed by atoms with E-state index in [2.05, 4.69) is 24.2 Å². The van der Waals surface area contributed by atoms with Crippen molar-refractivity contribution in [1.29, 1.82) is 0 Å². The summed E-state index contributed by atoms with van der Waals surface area (Å²) >= 11 is 0. The number of hydrogen-bond donors (Lipinski definition) is 2. The first-order valence-electron chi connectivity index (χ1n) is 4.81. The van der Waals surface area contributed by atoms with Gasteiger partial charge in [0.2, 0.25) is 0 Å². The van der Waals surface area contributed by atoms with E-state index in [9.17, 15) is 0 Å². The summed E-state index contributed by atoms with van der Waals surface area (Å²) < 4.78 is 0. The van der Waals surface area contributed by atoms with E-state index in [-0.39, 0.29) is 0 Å². The molecule has 0 radical (unpaired) electrons. The van der Waals surface area contributed by atoms with Crippen molar-refractivity contribution >= 4 is 5.96 Å². The van der Waals surface area contributed by atoms with E-state index in [1.54, 1.807) is 0 Å². The van der Waals surface area contributed by atoms with Crippen LogP contribution in [0.25, 0.3) is 0 Å². The van der Waals surface area contributed by atoms with Crippen LogP contribution < -0.4 is 11.1 Å². The molecule has 0 aromatic heterocycles. The molecule has 72 valence electrons. The summed E-state index contributed by atoms with van der Waals surface area (Å²) in [6.45, 7) is 7.07. The molecule has 0 aliphatic carbocycles. The molecular weight excluding hydrogens is 150 g/mol. The molecule has 12 heavy (non-hydrogen) atoms. The van der Waals surface area contributed by atoms with Gasteiger partial charge in [0.25, 0.3) is 0 Å². The van der Waals surface area contributed by atoms with Crippen molar-refractivity contribution in [3.05, 3.63) is 0 Å². The zero-order valence-electron chi connectivity index (χ0n) is 8.43. The Labute approximate surface area is 75.4 Å². The Morgan fingerprint density at radius 3 is 2.50 bits per heavy atom. The van der Waals surface area contributed by atoms with E-state index in [1.165, 1.54) is 6.42 Å². The van der Waals surface area contributed by atoms with Crippen molar-refractivity contribution in [2.45, 2.75) is 46.1 Å². The highest BCUT2D eigenvalue weighted by atomic mass is 15.1. The van der Waals surface area contributed by atoms with Crippen molar-refractivity contribution in [2.24, 2.45) is 10.7 Å². The standard InChI is InChI=1S/C9H21N3/c1-4-7-8(5-2)12-9(10)11-6-3/h8H,4-7H2,1-3H3,(H3,10,11,12). The molecule has 0 aromatic rings. The molecule has 1 unspecified atom stereocenters. The molecule has 0 saturated carbocycles. The van der Waals surface area contributed by atoms with Crippen LogP contribution in [0.4, 0.5) is 0 Å². The molecule has 3 nitrogen and oxygen atoms in total. The number of guanidine groups is 1. The van der Waals surface area contributed by atoms with Crippen molar-refractivity contribution in [3.63, 3.8) is 0 Å². The second-order valence-corrected chi connectivity index (χ2v) is 2.90. The zero-order valence-corrected chi connectivity index (χ0v) is 8.43. The van der Waals surface area contributed by atoms with Crippen molar-refractivity contribution in [1.82, 2.24) is 5.32 Å². The summed E-state index contributed by atoms with van der Waals surface area (Å²) in [4.78, 5) is 4.08. The molecule has 3 heteroatoms. The molecular formula is C9H21N3. The Morgan fingerprint density at radius 2 is 2.08 bits per heavy atom. The zero-order chi connectivity index (χ0) is 9.40. The predicted octanol–water partition coefficient (Wildman–Crippen LogP) is 1.49. The molecule has 0 amide bonds. The maximum Gasteiger partial charge on any atom is 0.188 e. The van der Waals surface area contributed by atoms with Gasteiger partial charge in [0.15, 0.2) is 5.96 Å². The molecule has 0 rings (SSSR count). The highest BCUT2D eigenvalue weighted by Crippen LogP contribution is 1.99. The van der Waals surface area contributed by atoms with E-state index in [0.717, 1.165) is 19.4 Å². The van der Waals surface area contributed by atoms with Crippen LogP contribution in [0.3, 0.4) is 0 Å². The third kappa shape index (κ3) is 4.99. The van der Waals surface area contributed by atoms with Gasteiger partial charge in [-0.15, -0.1) is 0 Å². The average Bonchev–Trinajstić information content (AvgIpc) is 2.04. The van der Waals surface area contributed by atoms with Crippen LogP contribution in [0.2, 0.25) is 0 Å². The minimum atomic E-state index is 0.491. The van der Waals surface area contributed by atoms with Gasteiger partial charge in [-0.3, -0.25) is 4.99 Å².